The molecule has 0 N–H and O–H groups in total. The van der Waals surface area contributed by atoms with Crippen LogP contribution in [-0.4, -0.2) is 156 Å². The summed E-state index contributed by atoms with van der Waals surface area (Å²) in [5.41, 5.74) is 6.12. The first-order valence-corrected chi connectivity index (χ1v) is 21.7. The van der Waals surface area contributed by atoms with Crippen LogP contribution in [0, 0.1) is 0 Å². The van der Waals surface area contributed by atoms with Gasteiger partial charge in [-0.05, 0) is 77.8 Å². The third-order valence-corrected chi connectivity index (χ3v) is 10.1. The lowest BCUT2D eigenvalue weighted by Crippen LogP contribution is -2.31. The Morgan fingerprint density at radius 1 is 0.391 bits per heavy atom. The fourth-order valence-corrected chi connectivity index (χ4v) is 6.27. The Bertz CT molecular complexity index is 1740. The predicted molar refractivity (Wildman–Crippen MR) is 249 cm³/mol. The summed E-state index contributed by atoms with van der Waals surface area (Å²) in [4.78, 5) is 35.9. The molecule has 350 valence electrons. The minimum atomic E-state index is -0.409. The number of carbonyl (C=O) groups excluding carboxylic acids is 2. The molecule has 0 unspecified atom stereocenters. The minimum absolute atomic E-state index is 0.136. The van der Waals surface area contributed by atoms with Crippen molar-refractivity contribution in [1.82, 2.24) is 14.7 Å². The van der Waals surface area contributed by atoms with E-state index in [9.17, 15) is 9.59 Å². The van der Waals surface area contributed by atoms with Crippen molar-refractivity contribution in [3.8, 4) is 11.5 Å². The Hall–Kier alpha value is -5.58. The molecule has 0 saturated heterocycles. The summed E-state index contributed by atoms with van der Waals surface area (Å²) in [7, 11) is 13.2. The normalized spacial score (nSPS) is 11.0. The number of carbonyl (C=O) groups is 2. The molecule has 15 nitrogen and oxygen atoms in total. The van der Waals surface area contributed by atoms with Crippen LogP contribution in [0.3, 0.4) is 0 Å². The number of ether oxygens (including phenoxy) is 8. The molecule has 64 heavy (non-hydrogen) atoms. The fourth-order valence-electron chi connectivity index (χ4n) is 6.27. The maximum Gasteiger partial charge on any atom is 0.410 e. The molecule has 15 heteroatoms. The van der Waals surface area contributed by atoms with Gasteiger partial charge in [-0.15, -0.1) is 0 Å². The van der Waals surface area contributed by atoms with Crippen molar-refractivity contribution in [2.75, 3.05) is 138 Å². The van der Waals surface area contributed by atoms with E-state index in [1.807, 2.05) is 142 Å². The van der Waals surface area contributed by atoms with Gasteiger partial charge in [0, 0.05) is 78.8 Å². The molecular weight excluding hydrogens is 819 g/mol. The van der Waals surface area contributed by atoms with E-state index in [0.717, 1.165) is 58.2 Å². The van der Waals surface area contributed by atoms with Crippen molar-refractivity contribution >= 4 is 23.6 Å². The van der Waals surface area contributed by atoms with Gasteiger partial charge in [0.25, 0.3) is 0 Å². The number of benzene rings is 4. The number of methoxy groups -OCH3 is 2. The van der Waals surface area contributed by atoms with Gasteiger partial charge in [0.15, 0.2) is 0 Å². The van der Waals surface area contributed by atoms with Gasteiger partial charge in [0.2, 0.25) is 0 Å². The van der Waals surface area contributed by atoms with Crippen LogP contribution in [0.25, 0.3) is 0 Å². The molecule has 4 aromatic rings. The van der Waals surface area contributed by atoms with Crippen LogP contribution >= 0.6 is 0 Å². The summed E-state index contributed by atoms with van der Waals surface area (Å²) in [5.74, 6) is 1.52. The second kappa shape index (κ2) is 29.0. The van der Waals surface area contributed by atoms with E-state index < -0.39 is 12.2 Å². The standard InChI is InChI=1S/C49H69N5O10/c1-50(2)44-16-8-40(9-17-44)36-53(38-42-12-20-46(57-6)21-13-42)48(55)63-34-32-61-30-28-59-26-24-52(5)25-27-60-29-31-62-33-35-64-49(56)54(39-43-14-22-47(58-7)23-15-43)37-41-10-18-45(19-11-41)51(3)4/h8-23H,24-39H2,1-7H3. The van der Waals surface area contributed by atoms with E-state index >= 15 is 0 Å². The second-order valence-corrected chi connectivity index (χ2v) is 15.5. The van der Waals surface area contributed by atoms with Crippen LogP contribution in [0.2, 0.25) is 0 Å². The minimum Gasteiger partial charge on any atom is -0.497 e. The van der Waals surface area contributed by atoms with Gasteiger partial charge in [-0.3, -0.25) is 9.80 Å². The molecule has 0 radical (unpaired) electrons. The second-order valence-electron chi connectivity index (χ2n) is 15.5. The smallest absolute Gasteiger partial charge is 0.410 e. The number of amides is 2. The van der Waals surface area contributed by atoms with Crippen molar-refractivity contribution in [3.63, 3.8) is 0 Å². The highest BCUT2D eigenvalue weighted by atomic mass is 16.6. The molecule has 4 rings (SSSR count). The largest absolute Gasteiger partial charge is 0.497 e. The Balaban J connectivity index is 1.02. The zero-order valence-corrected chi connectivity index (χ0v) is 38.9. The van der Waals surface area contributed by atoms with Gasteiger partial charge in [0.1, 0.15) is 24.7 Å². The predicted octanol–water partition coefficient (Wildman–Crippen LogP) is 6.81. The molecule has 0 heterocycles. The SMILES string of the molecule is COc1ccc(CN(Cc2ccc(N(C)C)cc2)C(=O)OCCOCCOCCN(C)CCOCCOCCOC(=O)N(Cc2ccc(OC)cc2)Cc2ccc(N(C)C)cc2)cc1. The topological polar surface area (TPSA) is 124 Å². The maximum atomic E-state index is 13.2. The summed E-state index contributed by atoms with van der Waals surface area (Å²) >= 11 is 0. The zero-order chi connectivity index (χ0) is 45.9. The lowest BCUT2D eigenvalue weighted by Gasteiger charge is -2.23. The van der Waals surface area contributed by atoms with Gasteiger partial charge < -0.3 is 52.6 Å². The quantitative estimate of drug-likeness (QED) is 0.0510. The van der Waals surface area contributed by atoms with E-state index in [2.05, 4.69) is 4.90 Å². The zero-order valence-electron chi connectivity index (χ0n) is 38.9. The molecule has 0 atom stereocenters. The number of likely N-dealkylation sites (N-methyl/N-ethyl adjacent to an activating group) is 1. The van der Waals surface area contributed by atoms with Crippen molar-refractivity contribution < 1.29 is 47.5 Å². The summed E-state index contributed by atoms with van der Waals surface area (Å²) in [6.07, 6.45) is -0.818. The van der Waals surface area contributed by atoms with E-state index in [4.69, 9.17) is 37.9 Å². The molecule has 4 aromatic carbocycles. The average molecular weight is 888 g/mol. The van der Waals surface area contributed by atoms with Gasteiger partial charge >= 0.3 is 12.2 Å². The highest BCUT2D eigenvalue weighted by Crippen LogP contribution is 2.20. The highest BCUT2D eigenvalue weighted by Gasteiger charge is 2.18. The van der Waals surface area contributed by atoms with Crippen molar-refractivity contribution in [3.05, 3.63) is 119 Å². The Morgan fingerprint density at radius 3 is 0.969 bits per heavy atom. The molecule has 2 amide bonds. The average Bonchev–Trinajstić information content (AvgIpc) is 3.30. The van der Waals surface area contributed by atoms with Crippen molar-refractivity contribution in [2.45, 2.75) is 26.2 Å². The number of nitrogens with zero attached hydrogens (tertiary/aromatic N) is 5. The first-order valence-electron chi connectivity index (χ1n) is 21.7. The third-order valence-electron chi connectivity index (χ3n) is 10.1. The summed E-state index contributed by atoms with van der Waals surface area (Å²) < 4.78 is 44.5. The first-order chi connectivity index (χ1) is 31.0. The molecule has 0 fully saturated rings. The first kappa shape index (κ1) is 51.1. The lowest BCUT2D eigenvalue weighted by atomic mass is 10.1. The summed E-state index contributed by atoms with van der Waals surface area (Å²) in [6, 6.07) is 31.5. The monoisotopic (exact) mass is 888 g/mol. The molecule has 0 aliphatic carbocycles. The van der Waals surface area contributed by atoms with Crippen LogP contribution in [0.4, 0.5) is 21.0 Å². The Labute approximate surface area is 380 Å². The lowest BCUT2D eigenvalue weighted by molar-refractivity contribution is 0.0103. The number of hydrogen-bond acceptors (Lipinski definition) is 13. The molecule has 0 aromatic heterocycles. The fraction of sp³-hybridized carbons (Fsp3) is 0.469. The maximum absolute atomic E-state index is 13.2. The van der Waals surface area contributed by atoms with Crippen LogP contribution in [0.15, 0.2) is 97.1 Å². The van der Waals surface area contributed by atoms with Gasteiger partial charge in [-0.25, -0.2) is 9.59 Å². The Morgan fingerprint density at radius 2 is 0.672 bits per heavy atom. The van der Waals surface area contributed by atoms with E-state index in [1.54, 1.807) is 24.0 Å². The molecule has 0 bridgehead atoms. The third kappa shape index (κ3) is 19.4. The number of hydrogen-bond donors (Lipinski definition) is 0. The van der Waals surface area contributed by atoms with Gasteiger partial charge in [-0.1, -0.05) is 48.5 Å². The highest BCUT2D eigenvalue weighted by molar-refractivity contribution is 5.68. The van der Waals surface area contributed by atoms with Crippen molar-refractivity contribution in [1.29, 1.82) is 0 Å². The molecule has 0 aliphatic heterocycles. The van der Waals surface area contributed by atoms with E-state index in [0.29, 0.717) is 65.8 Å². The number of anilines is 2. The van der Waals surface area contributed by atoms with Crippen LogP contribution in [0.1, 0.15) is 22.3 Å². The van der Waals surface area contributed by atoms with Crippen LogP contribution < -0.4 is 19.3 Å². The number of rotatable bonds is 30. The molecule has 0 spiro atoms. The Kier molecular flexibility index (Phi) is 23.1. The van der Waals surface area contributed by atoms with Gasteiger partial charge in [-0.2, -0.15) is 0 Å². The van der Waals surface area contributed by atoms with Gasteiger partial charge in [0.05, 0.1) is 67.1 Å². The van der Waals surface area contributed by atoms with Crippen LogP contribution in [0.5, 0.6) is 11.5 Å². The summed E-state index contributed by atoms with van der Waals surface area (Å²) in [6.45, 7) is 6.64. The van der Waals surface area contributed by atoms with Crippen LogP contribution in [-0.2, 0) is 54.6 Å². The van der Waals surface area contributed by atoms with E-state index in [1.165, 1.54) is 0 Å². The molecule has 0 saturated carbocycles. The molecular formula is C49H69N5O10. The van der Waals surface area contributed by atoms with E-state index in [-0.39, 0.29) is 26.4 Å². The molecule has 0 aliphatic rings. The summed E-state index contributed by atoms with van der Waals surface area (Å²) in [5, 5.41) is 0. The van der Waals surface area contributed by atoms with Crippen molar-refractivity contribution in [2.24, 2.45) is 0 Å².